The third kappa shape index (κ3) is 3.98. The van der Waals surface area contributed by atoms with Crippen molar-refractivity contribution in [3.05, 3.63) is 57.3 Å². The Bertz CT molecular complexity index is 1160. The number of thiophene rings is 1. The molecular formula is C25H29N3O3S. The molecule has 7 heteroatoms. The lowest BCUT2D eigenvalue weighted by atomic mass is 10.0. The summed E-state index contributed by atoms with van der Waals surface area (Å²) in [7, 11) is 0. The molecule has 0 spiro atoms. The summed E-state index contributed by atoms with van der Waals surface area (Å²) < 4.78 is 7.49. The molecule has 0 bridgehead atoms. The van der Waals surface area contributed by atoms with Crippen molar-refractivity contribution in [3.63, 3.8) is 0 Å². The molecule has 2 aromatic heterocycles. The number of aliphatic imine (C=N–C) groups is 1. The molecule has 4 rings (SSSR count). The van der Waals surface area contributed by atoms with Gasteiger partial charge in [0.2, 0.25) is 5.88 Å². The average Bonchev–Trinajstić information content (AvgIpc) is 3.44. The van der Waals surface area contributed by atoms with Gasteiger partial charge in [-0.1, -0.05) is 56.5 Å². The van der Waals surface area contributed by atoms with Gasteiger partial charge in [-0.15, -0.1) is 11.3 Å². The van der Waals surface area contributed by atoms with E-state index >= 15 is 0 Å². The van der Waals surface area contributed by atoms with Crippen LogP contribution in [-0.2, 0) is 0 Å². The third-order valence-corrected chi connectivity index (χ3v) is 6.58. The minimum atomic E-state index is -0.452. The van der Waals surface area contributed by atoms with Gasteiger partial charge < -0.3 is 15.6 Å². The highest BCUT2D eigenvalue weighted by atomic mass is 32.1. The first-order valence-corrected chi connectivity index (χ1v) is 12.0. The predicted octanol–water partition coefficient (Wildman–Crippen LogP) is 5.66. The van der Waals surface area contributed by atoms with Crippen LogP contribution in [0.4, 0.5) is 0 Å². The number of hydrogen-bond acceptors (Lipinski definition) is 5. The Morgan fingerprint density at radius 2 is 1.94 bits per heavy atom. The van der Waals surface area contributed by atoms with Gasteiger partial charge >= 0.3 is 0 Å². The Morgan fingerprint density at radius 1 is 1.19 bits per heavy atom. The molecule has 0 fully saturated rings. The molecule has 1 aliphatic heterocycles. The Morgan fingerprint density at radius 3 is 2.62 bits per heavy atom. The number of benzene rings is 1. The van der Waals surface area contributed by atoms with Gasteiger partial charge in [-0.3, -0.25) is 9.36 Å². The summed E-state index contributed by atoms with van der Waals surface area (Å²) in [5.74, 6) is 0.385. The molecule has 1 amide bonds. The fourth-order valence-corrected chi connectivity index (χ4v) is 4.82. The summed E-state index contributed by atoms with van der Waals surface area (Å²) in [6.07, 6.45) is 3.12. The number of aromatic hydroxyl groups is 1. The summed E-state index contributed by atoms with van der Waals surface area (Å²) in [6.45, 7) is 6.82. The number of fused-ring (bicyclic) bond motifs is 1. The minimum absolute atomic E-state index is 0.0111. The van der Waals surface area contributed by atoms with Crippen LogP contribution in [0, 0.1) is 6.92 Å². The first-order valence-electron chi connectivity index (χ1n) is 11.1. The Kier molecular flexibility index (Phi) is 6.48. The molecule has 1 aliphatic rings. The van der Waals surface area contributed by atoms with Gasteiger partial charge in [0.05, 0.1) is 40.2 Å². The maximum absolute atomic E-state index is 13.1. The molecule has 0 saturated heterocycles. The third-order valence-electron chi connectivity index (χ3n) is 5.66. The minimum Gasteiger partial charge on any atom is -0.494 e. The van der Waals surface area contributed by atoms with Gasteiger partial charge in [-0.2, -0.15) is 0 Å². The van der Waals surface area contributed by atoms with Gasteiger partial charge in [-0.25, -0.2) is 4.99 Å². The SMILES string of the molecule is CCCCOc1csc(C2=NC(=O)c3c2c(O)n(C(N)CCC)c3-c2ccc(C)cc2)c1. The van der Waals surface area contributed by atoms with Crippen LogP contribution in [0.5, 0.6) is 11.6 Å². The molecule has 3 N–H and O–H groups in total. The molecule has 168 valence electrons. The van der Waals surface area contributed by atoms with Crippen LogP contribution in [-0.4, -0.2) is 27.9 Å². The molecule has 1 unspecified atom stereocenters. The zero-order valence-corrected chi connectivity index (χ0v) is 19.5. The van der Waals surface area contributed by atoms with E-state index in [1.807, 2.05) is 49.6 Å². The average molecular weight is 452 g/mol. The zero-order chi connectivity index (χ0) is 22.8. The van der Waals surface area contributed by atoms with E-state index in [0.717, 1.165) is 41.0 Å². The highest BCUT2D eigenvalue weighted by Gasteiger charge is 2.37. The Labute approximate surface area is 192 Å². The second-order valence-electron chi connectivity index (χ2n) is 8.13. The van der Waals surface area contributed by atoms with Gasteiger partial charge in [0.15, 0.2) is 0 Å². The summed E-state index contributed by atoms with van der Waals surface area (Å²) in [6, 6.07) is 9.77. The van der Waals surface area contributed by atoms with Crippen LogP contribution >= 0.6 is 11.3 Å². The van der Waals surface area contributed by atoms with Crippen molar-refractivity contribution in [1.29, 1.82) is 0 Å². The summed E-state index contributed by atoms with van der Waals surface area (Å²) in [4.78, 5) is 18.2. The maximum Gasteiger partial charge on any atom is 0.280 e. The normalized spacial score (nSPS) is 13.9. The summed E-state index contributed by atoms with van der Waals surface area (Å²) in [5, 5.41) is 13.2. The van der Waals surface area contributed by atoms with Crippen LogP contribution in [0.3, 0.4) is 0 Å². The fourth-order valence-electron chi connectivity index (χ4n) is 4.00. The fraction of sp³-hybridized carbons (Fsp3) is 0.360. The number of ether oxygens (including phenoxy) is 1. The van der Waals surface area contributed by atoms with E-state index in [0.29, 0.717) is 35.6 Å². The van der Waals surface area contributed by atoms with E-state index in [-0.39, 0.29) is 11.8 Å². The van der Waals surface area contributed by atoms with E-state index in [1.165, 1.54) is 11.3 Å². The molecule has 3 aromatic rings. The van der Waals surface area contributed by atoms with E-state index in [9.17, 15) is 9.90 Å². The van der Waals surface area contributed by atoms with Crippen molar-refractivity contribution < 1.29 is 14.6 Å². The lowest BCUT2D eigenvalue weighted by Gasteiger charge is -2.19. The lowest BCUT2D eigenvalue weighted by molar-refractivity contribution is 0.101. The van der Waals surface area contributed by atoms with Crippen LogP contribution < -0.4 is 10.5 Å². The molecule has 3 heterocycles. The number of aryl methyl sites for hydroxylation is 1. The van der Waals surface area contributed by atoms with Crippen LogP contribution in [0.15, 0.2) is 40.7 Å². The van der Waals surface area contributed by atoms with Gasteiger partial charge in [0.25, 0.3) is 5.91 Å². The highest BCUT2D eigenvalue weighted by Crippen LogP contribution is 2.43. The number of amides is 1. The number of carbonyl (C=O) groups excluding carboxylic acids is 1. The molecule has 1 atom stereocenters. The quantitative estimate of drug-likeness (QED) is 0.411. The second kappa shape index (κ2) is 9.30. The van der Waals surface area contributed by atoms with Crippen molar-refractivity contribution in [3.8, 4) is 22.9 Å². The summed E-state index contributed by atoms with van der Waals surface area (Å²) >= 11 is 1.45. The van der Waals surface area contributed by atoms with Crippen molar-refractivity contribution in [2.45, 2.75) is 52.6 Å². The van der Waals surface area contributed by atoms with Crippen LogP contribution in [0.1, 0.15) is 72.1 Å². The smallest absolute Gasteiger partial charge is 0.280 e. The van der Waals surface area contributed by atoms with Gasteiger partial charge in [0.1, 0.15) is 5.75 Å². The van der Waals surface area contributed by atoms with Gasteiger partial charge in [-0.05, 0) is 25.3 Å². The Hall–Kier alpha value is -2.90. The second-order valence-corrected chi connectivity index (χ2v) is 9.04. The highest BCUT2D eigenvalue weighted by molar-refractivity contribution is 7.12. The van der Waals surface area contributed by atoms with Gasteiger partial charge in [0, 0.05) is 11.4 Å². The topological polar surface area (TPSA) is 89.8 Å². The standard InChI is InChI=1S/C25H29N3O3S/c1-4-6-12-31-17-13-18(32-14-17)22-20-21(24(29)27-22)23(16-10-8-15(3)9-11-16)28(25(20)30)19(26)7-5-2/h8-11,13-14,19,30H,4-7,12,26H2,1-3H3. The number of nitrogens with zero attached hydrogens (tertiary/aromatic N) is 2. The van der Waals surface area contributed by atoms with Crippen molar-refractivity contribution in [1.82, 2.24) is 4.57 Å². The summed E-state index contributed by atoms with van der Waals surface area (Å²) in [5.41, 5.74) is 10.4. The van der Waals surface area contributed by atoms with Crippen molar-refractivity contribution >= 4 is 23.0 Å². The van der Waals surface area contributed by atoms with E-state index in [4.69, 9.17) is 10.5 Å². The number of rotatable bonds is 9. The van der Waals surface area contributed by atoms with Crippen LogP contribution in [0.25, 0.3) is 11.3 Å². The zero-order valence-electron chi connectivity index (χ0n) is 18.7. The molecule has 32 heavy (non-hydrogen) atoms. The first-order chi connectivity index (χ1) is 15.5. The molecule has 1 aromatic carbocycles. The number of hydrogen-bond donors (Lipinski definition) is 2. The van der Waals surface area contributed by atoms with Crippen LogP contribution in [0.2, 0.25) is 0 Å². The number of carbonyl (C=O) groups is 1. The molecule has 0 aliphatic carbocycles. The van der Waals surface area contributed by atoms with Crippen molar-refractivity contribution in [2.75, 3.05) is 6.61 Å². The monoisotopic (exact) mass is 451 g/mol. The van der Waals surface area contributed by atoms with Crippen molar-refractivity contribution in [2.24, 2.45) is 10.7 Å². The van der Waals surface area contributed by atoms with E-state index in [1.54, 1.807) is 4.57 Å². The number of unbranched alkanes of at least 4 members (excludes halogenated alkanes) is 1. The van der Waals surface area contributed by atoms with E-state index in [2.05, 4.69) is 11.9 Å². The predicted molar refractivity (Wildman–Crippen MR) is 129 cm³/mol. The number of aromatic nitrogens is 1. The van der Waals surface area contributed by atoms with E-state index < -0.39 is 6.17 Å². The molecule has 0 saturated carbocycles. The largest absolute Gasteiger partial charge is 0.494 e. The maximum atomic E-state index is 13.1. The molecular weight excluding hydrogens is 422 g/mol. The first kappa shape index (κ1) is 22.3. The molecule has 0 radical (unpaired) electrons. The molecule has 6 nitrogen and oxygen atoms in total. The lowest BCUT2D eigenvalue weighted by Crippen LogP contribution is -2.19. The number of nitrogens with two attached hydrogens (primary N) is 1. The Balaban J connectivity index is 1.82.